The summed E-state index contributed by atoms with van der Waals surface area (Å²) < 4.78 is 5.25. The molecule has 0 aromatic carbocycles. The highest BCUT2D eigenvalue weighted by atomic mass is 16.5. The molecule has 2 aliphatic heterocycles. The van der Waals surface area contributed by atoms with E-state index in [-0.39, 0.29) is 17.9 Å². The van der Waals surface area contributed by atoms with Crippen molar-refractivity contribution in [2.24, 2.45) is 0 Å². The van der Waals surface area contributed by atoms with Crippen molar-refractivity contribution >= 4 is 11.8 Å². The number of morpholine rings is 1. The van der Waals surface area contributed by atoms with Gasteiger partial charge in [-0.3, -0.25) is 9.59 Å². The van der Waals surface area contributed by atoms with Crippen LogP contribution in [0.5, 0.6) is 0 Å². The molecule has 2 fully saturated rings. The number of ether oxygens (including phenoxy) is 1. The van der Waals surface area contributed by atoms with E-state index in [0.717, 1.165) is 32.5 Å². The van der Waals surface area contributed by atoms with Crippen molar-refractivity contribution in [3.63, 3.8) is 0 Å². The molecule has 114 valence electrons. The summed E-state index contributed by atoms with van der Waals surface area (Å²) in [6.07, 6.45) is 2.68. The third-order valence-electron chi connectivity index (χ3n) is 3.92. The number of rotatable bonds is 4. The Balaban J connectivity index is 1.70. The lowest BCUT2D eigenvalue weighted by Crippen LogP contribution is -2.48. The Hall–Kier alpha value is -1.14. The average Bonchev–Trinajstić information content (AvgIpc) is 2.45. The molecule has 20 heavy (non-hydrogen) atoms. The molecular weight excluding hydrogens is 258 g/mol. The molecule has 2 saturated heterocycles. The molecule has 0 aliphatic carbocycles. The van der Waals surface area contributed by atoms with E-state index in [1.54, 1.807) is 6.92 Å². The smallest absolute Gasteiger partial charge is 0.224 e. The number of carbonyl (C=O) groups is 2. The van der Waals surface area contributed by atoms with Gasteiger partial charge < -0.3 is 19.9 Å². The molecule has 0 radical (unpaired) electrons. The van der Waals surface area contributed by atoms with E-state index in [9.17, 15) is 9.59 Å². The monoisotopic (exact) mass is 283 g/mol. The predicted molar refractivity (Wildman–Crippen MR) is 75.3 cm³/mol. The quantitative estimate of drug-likeness (QED) is 0.778. The van der Waals surface area contributed by atoms with E-state index in [2.05, 4.69) is 10.2 Å². The fraction of sp³-hybridized carbons (Fsp3) is 0.857. The number of likely N-dealkylation sites (tertiary alicyclic amines) is 1. The highest BCUT2D eigenvalue weighted by Gasteiger charge is 2.22. The van der Waals surface area contributed by atoms with Gasteiger partial charge in [0.1, 0.15) is 0 Å². The van der Waals surface area contributed by atoms with Crippen molar-refractivity contribution in [1.29, 1.82) is 0 Å². The van der Waals surface area contributed by atoms with Gasteiger partial charge in [-0.1, -0.05) is 0 Å². The molecule has 0 spiro atoms. The fourth-order valence-corrected chi connectivity index (χ4v) is 2.89. The van der Waals surface area contributed by atoms with E-state index in [1.165, 1.54) is 0 Å². The Kier molecular flexibility index (Phi) is 5.79. The minimum atomic E-state index is 0.0289. The summed E-state index contributed by atoms with van der Waals surface area (Å²) in [5.74, 6) is 0.246. The second-order valence-corrected chi connectivity index (χ2v) is 5.58. The van der Waals surface area contributed by atoms with E-state index < -0.39 is 0 Å². The molecule has 2 heterocycles. The molecular formula is C14H25N3O3. The molecule has 1 unspecified atom stereocenters. The van der Waals surface area contributed by atoms with Crippen LogP contribution in [-0.2, 0) is 14.3 Å². The summed E-state index contributed by atoms with van der Waals surface area (Å²) >= 11 is 0. The number of hydrogen-bond donors (Lipinski definition) is 1. The number of hydrogen-bond acceptors (Lipinski definition) is 4. The maximum Gasteiger partial charge on any atom is 0.224 e. The topological polar surface area (TPSA) is 61.9 Å². The zero-order chi connectivity index (χ0) is 14.4. The van der Waals surface area contributed by atoms with Crippen LogP contribution in [-0.4, -0.2) is 73.6 Å². The van der Waals surface area contributed by atoms with Crippen LogP contribution in [0.1, 0.15) is 26.2 Å². The third-order valence-corrected chi connectivity index (χ3v) is 3.92. The Bertz CT molecular complexity index is 343. The maximum absolute atomic E-state index is 12.1. The van der Waals surface area contributed by atoms with Crippen LogP contribution >= 0.6 is 0 Å². The molecule has 2 aliphatic rings. The SMILES string of the molecule is CC(=O)NC1CCCN(CCC(=O)N2CCOCC2)C1. The first-order chi connectivity index (χ1) is 9.65. The van der Waals surface area contributed by atoms with Gasteiger partial charge >= 0.3 is 0 Å². The predicted octanol–water partition coefficient (Wildman–Crippen LogP) is -0.164. The molecule has 1 atom stereocenters. The zero-order valence-electron chi connectivity index (χ0n) is 12.3. The lowest BCUT2D eigenvalue weighted by Gasteiger charge is -2.33. The number of nitrogens with zero attached hydrogens (tertiary/aromatic N) is 2. The van der Waals surface area contributed by atoms with E-state index >= 15 is 0 Å². The van der Waals surface area contributed by atoms with Gasteiger partial charge in [0.15, 0.2) is 0 Å². The first-order valence-corrected chi connectivity index (χ1v) is 7.50. The Morgan fingerprint density at radius 2 is 2.00 bits per heavy atom. The van der Waals surface area contributed by atoms with Crippen LogP contribution < -0.4 is 5.32 Å². The van der Waals surface area contributed by atoms with Gasteiger partial charge in [-0.05, 0) is 19.4 Å². The van der Waals surface area contributed by atoms with Crippen molar-refractivity contribution in [3.8, 4) is 0 Å². The fourth-order valence-electron chi connectivity index (χ4n) is 2.89. The number of nitrogens with one attached hydrogen (secondary N) is 1. The summed E-state index contributed by atoms with van der Waals surface area (Å²) in [4.78, 5) is 27.3. The first-order valence-electron chi connectivity index (χ1n) is 7.50. The Morgan fingerprint density at radius 1 is 1.25 bits per heavy atom. The van der Waals surface area contributed by atoms with E-state index in [0.29, 0.717) is 32.7 Å². The zero-order valence-corrected chi connectivity index (χ0v) is 12.3. The van der Waals surface area contributed by atoms with Gasteiger partial charge in [0.2, 0.25) is 11.8 Å². The van der Waals surface area contributed by atoms with Crippen molar-refractivity contribution < 1.29 is 14.3 Å². The van der Waals surface area contributed by atoms with Gasteiger partial charge in [0.05, 0.1) is 13.2 Å². The van der Waals surface area contributed by atoms with Gasteiger partial charge in [-0.25, -0.2) is 0 Å². The molecule has 0 aromatic rings. The summed E-state index contributed by atoms with van der Waals surface area (Å²) in [7, 11) is 0. The normalized spacial score (nSPS) is 24.4. The van der Waals surface area contributed by atoms with Crippen molar-refractivity contribution in [2.75, 3.05) is 45.9 Å². The largest absolute Gasteiger partial charge is 0.378 e. The molecule has 2 amide bonds. The van der Waals surface area contributed by atoms with Gasteiger partial charge in [0.25, 0.3) is 0 Å². The Morgan fingerprint density at radius 3 is 2.70 bits per heavy atom. The van der Waals surface area contributed by atoms with Crippen LogP contribution in [0, 0.1) is 0 Å². The van der Waals surface area contributed by atoms with Crippen LogP contribution in [0.2, 0.25) is 0 Å². The van der Waals surface area contributed by atoms with Crippen LogP contribution in [0.15, 0.2) is 0 Å². The minimum absolute atomic E-state index is 0.0289. The second-order valence-electron chi connectivity index (χ2n) is 5.58. The highest BCUT2D eigenvalue weighted by Crippen LogP contribution is 2.11. The molecule has 6 nitrogen and oxygen atoms in total. The molecule has 6 heteroatoms. The summed E-state index contributed by atoms with van der Waals surface area (Å²) in [6, 6.07) is 0.236. The average molecular weight is 283 g/mol. The number of piperidine rings is 1. The van der Waals surface area contributed by atoms with Gasteiger partial charge in [-0.2, -0.15) is 0 Å². The van der Waals surface area contributed by atoms with E-state index in [1.807, 2.05) is 4.90 Å². The molecule has 1 N–H and O–H groups in total. The molecule has 0 saturated carbocycles. The maximum atomic E-state index is 12.1. The summed E-state index contributed by atoms with van der Waals surface area (Å²) in [6.45, 7) is 6.95. The second kappa shape index (κ2) is 7.59. The molecule has 2 rings (SSSR count). The lowest BCUT2D eigenvalue weighted by atomic mass is 10.1. The van der Waals surface area contributed by atoms with Gasteiger partial charge in [0, 0.05) is 45.6 Å². The number of amides is 2. The first kappa shape index (κ1) is 15.3. The summed E-state index contributed by atoms with van der Waals surface area (Å²) in [5.41, 5.74) is 0. The van der Waals surface area contributed by atoms with Gasteiger partial charge in [-0.15, -0.1) is 0 Å². The van der Waals surface area contributed by atoms with Crippen molar-refractivity contribution in [1.82, 2.24) is 15.1 Å². The van der Waals surface area contributed by atoms with E-state index in [4.69, 9.17) is 4.74 Å². The van der Waals surface area contributed by atoms with Crippen LogP contribution in [0.3, 0.4) is 0 Å². The van der Waals surface area contributed by atoms with Crippen molar-refractivity contribution in [3.05, 3.63) is 0 Å². The highest BCUT2D eigenvalue weighted by molar-refractivity contribution is 5.76. The third kappa shape index (κ3) is 4.76. The Labute approximate surface area is 120 Å². The standard InChI is InChI=1S/C14H25N3O3/c1-12(18)15-13-3-2-5-16(11-13)6-4-14(19)17-7-9-20-10-8-17/h13H,2-11H2,1H3,(H,15,18). The summed E-state index contributed by atoms with van der Waals surface area (Å²) in [5, 5.41) is 2.97. The van der Waals surface area contributed by atoms with Crippen LogP contribution in [0.25, 0.3) is 0 Å². The molecule has 0 bridgehead atoms. The van der Waals surface area contributed by atoms with Crippen LogP contribution in [0.4, 0.5) is 0 Å². The lowest BCUT2D eigenvalue weighted by molar-refractivity contribution is -0.135. The molecule has 0 aromatic heterocycles. The number of carbonyl (C=O) groups excluding carboxylic acids is 2. The van der Waals surface area contributed by atoms with Crippen molar-refractivity contribution in [2.45, 2.75) is 32.2 Å². The minimum Gasteiger partial charge on any atom is -0.378 e.